The van der Waals surface area contributed by atoms with E-state index < -0.39 is 11.7 Å². The lowest BCUT2D eigenvalue weighted by molar-refractivity contribution is -0.138. The van der Waals surface area contributed by atoms with Crippen LogP contribution in [0.15, 0.2) is 54.6 Å². The van der Waals surface area contributed by atoms with Crippen molar-refractivity contribution >= 4 is 11.8 Å². The summed E-state index contributed by atoms with van der Waals surface area (Å²) >= 11 is 0. The zero-order valence-electron chi connectivity index (χ0n) is 17.9. The van der Waals surface area contributed by atoms with Gasteiger partial charge in [-0.3, -0.25) is 9.59 Å². The first-order chi connectivity index (χ1) is 15.0. The van der Waals surface area contributed by atoms with Crippen LogP contribution >= 0.6 is 0 Å². The third-order valence-corrected chi connectivity index (χ3v) is 6.60. The van der Waals surface area contributed by atoms with Gasteiger partial charge in [0.15, 0.2) is 0 Å². The summed E-state index contributed by atoms with van der Waals surface area (Å²) in [5.41, 5.74) is 0.866. The van der Waals surface area contributed by atoms with Crippen LogP contribution in [-0.2, 0) is 9.53 Å². The van der Waals surface area contributed by atoms with Crippen LogP contribution in [0.2, 0.25) is 0 Å². The fourth-order valence-electron chi connectivity index (χ4n) is 4.65. The number of benzene rings is 2. The highest BCUT2D eigenvalue weighted by molar-refractivity contribution is 5.94. The molecular formula is C25H29FN2O3. The van der Waals surface area contributed by atoms with Crippen molar-refractivity contribution in [3.8, 4) is 0 Å². The van der Waals surface area contributed by atoms with Gasteiger partial charge in [0, 0.05) is 19.6 Å². The normalized spacial score (nSPS) is 21.1. The molecule has 1 spiro atoms. The van der Waals surface area contributed by atoms with Crippen LogP contribution in [0.1, 0.15) is 54.4 Å². The molecule has 0 radical (unpaired) electrons. The second-order valence-corrected chi connectivity index (χ2v) is 8.61. The smallest absolute Gasteiger partial charge is 0.254 e. The van der Waals surface area contributed by atoms with Gasteiger partial charge >= 0.3 is 0 Å². The lowest BCUT2D eigenvalue weighted by Gasteiger charge is -2.40. The molecule has 0 saturated carbocycles. The first kappa shape index (κ1) is 21.5. The number of likely N-dealkylation sites (tertiary alicyclic amines) is 1. The molecule has 0 aliphatic carbocycles. The number of nitrogens with one attached hydrogen (secondary N) is 1. The Morgan fingerprint density at radius 1 is 1.10 bits per heavy atom. The maximum Gasteiger partial charge on any atom is 0.254 e. The first-order valence-corrected chi connectivity index (χ1v) is 11.0. The maximum atomic E-state index is 13.8. The Hall–Kier alpha value is -2.73. The van der Waals surface area contributed by atoms with E-state index in [2.05, 4.69) is 5.32 Å². The van der Waals surface area contributed by atoms with Crippen molar-refractivity contribution in [2.24, 2.45) is 0 Å². The van der Waals surface area contributed by atoms with Gasteiger partial charge in [0.1, 0.15) is 5.82 Å². The van der Waals surface area contributed by atoms with Crippen LogP contribution in [0.25, 0.3) is 0 Å². The molecule has 2 aromatic rings. The first-order valence-electron chi connectivity index (χ1n) is 11.0. The third-order valence-electron chi connectivity index (χ3n) is 6.60. The standard InChI is InChI=1S/C25H29FN2O3/c1-18(19-7-3-2-4-8-19)24(30)28-15-13-25(14-16-28)12-11-20(31-25)17-27-23(29)21-9-5-6-10-22(21)26/h2-10,18,20H,11-17H2,1H3,(H,27,29)/t18-,20+/m0/s1. The SMILES string of the molecule is C[C@H](C(=O)N1CCC2(CC[C@H](CNC(=O)c3ccccc3F)O2)CC1)c1ccccc1. The van der Waals surface area contributed by atoms with Crippen molar-refractivity contribution in [3.63, 3.8) is 0 Å². The van der Waals surface area contributed by atoms with Crippen LogP contribution < -0.4 is 5.32 Å². The molecule has 2 atom stereocenters. The van der Waals surface area contributed by atoms with Crippen LogP contribution in [-0.4, -0.2) is 48.1 Å². The quantitative estimate of drug-likeness (QED) is 0.792. The third kappa shape index (κ3) is 4.79. The molecule has 1 N–H and O–H groups in total. The highest BCUT2D eigenvalue weighted by Crippen LogP contribution is 2.39. The van der Waals surface area contributed by atoms with E-state index in [1.54, 1.807) is 12.1 Å². The van der Waals surface area contributed by atoms with Crippen molar-refractivity contribution in [1.29, 1.82) is 0 Å². The van der Waals surface area contributed by atoms with Gasteiger partial charge in [0.2, 0.25) is 5.91 Å². The molecular weight excluding hydrogens is 395 g/mol. The van der Waals surface area contributed by atoms with Gasteiger partial charge in [-0.05, 0) is 50.3 Å². The molecule has 4 rings (SSSR count). The average Bonchev–Trinajstić information content (AvgIpc) is 3.20. The summed E-state index contributed by atoms with van der Waals surface area (Å²) in [5, 5.41) is 2.80. The summed E-state index contributed by atoms with van der Waals surface area (Å²) < 4.78 is 20.1. The minimum absolute atomic E-state index is 0.0505. The van der Waals surface area contributed by atoms with E-state index in [9.17, 15) is 14.0 Å². The summed E-state index contributed by atoms with van der Waals surface area (Å²) in [6.45, 7) is 3.69. The molecule has 0 bridgehead atoms. The predicted molar refractivity (Wildman–Crippen MR) is 116 cm³/mol. The molecule has 2 fully saturated rings. The van der Waals surface area contributed by atoms with Gasteiger partial charge in [-0.15, -0.1) is 0 Å². The van der Waals surface area contributed by atoms with Gasteiger partial charge < -0.3 is 15.0 Å². The lowest BCUT2D eigenvalue weighted by atomic mass is 9.87. The van der Waals surface area contributed by atoms with Crippen molar-refractivity contribution in [2.75, 3.05) is 19.6 Å². The van der Waals surface area contributed by atoms with Crippen LogP contribution in [0, 0.1) is 5.82 Å². The largest absolute Gasteiger partial charge is 0.370 e. The Balaban J connectivity index is 1.26. The average molecular weight is 425 g/mol. The number of amides is 2. The Morgan fingerprint density at radius 2 is 1.77 bits per heavy atom. The number of hydrogen-bond donors (Lipinski definition) is 1. The number of hydrogen-bond acceptors (Lipinski definition) is 3. The Kier molecular flexibility index (Phi) is 6.37. The van der Waals surface area contributed by atoms with E-state index >= 15 is 0 Å². The van der Waals surface area contributed by atoms with Crippen LogP contribution in [0.5, 0.6) is 0 Å². The second kappa shape index (κ2) is 9.18. The van der Waals surface area contributed by atoms with Crippen molar-refractivity contribution in [1.82, 2.24) is 10.2 Å². The molecule has 0 unspecified atom stereocenters. The highest BCUT2D eigenvalue weighted by atomic mass is 19.1. The van der Waals surface area contributed by atoms with Crippen LogP contribution in [0.4, 0.5) is 4.39 Å². The van der Waals surface area contributed by atoms with E-state index in [-0.39, 0.29) is 29.1 Å². The Labute approximate surface area is 182 Å². The summed E-state index contributed by atoms with van der Waals surface area (Å²) in [6.07, 6.45) is 3.30. The van der Waals surface area contributed by atoms with Gasteiger partial charge in [-0.25, -0.2) is 4.39 Å². The minimum atomic E-state index is -0.523. The van der Waals surface area contributed by atoms with E-state index in [0.717, 1.165) is 31.2 Å². The number of rotatable bonds is 5. The van der Waals surface area contributed by atoms with Crippen molar-refractivity contribution in [2.45, 2.75) is 50.2 Å². The molecule has 2 amide bonds. The van der Waals surface area contributed by atoms with Gasteiger partial charge in [0.05, 0.1) is 23.2 Å². The summed E-state index contributed by atoms with van der Waals surface area (Å²) in [7, 11) is 0. The van der Waals surface area contributed by atoms with Gasteiger partial charge in [-0.1, -0.05) is 42.5 Å². The molecule has 2 aliphatic rings. The topological polar surface area (TPSA) is 58.6 Å². The molecule has 2 heterocycles. The predicted octanol–water partition coefficient (Wildman–Crippen LogP) is 3.90. The van der Waals surface area contributed by atoms with E-state index in [0.29, 0.717) is 19.6 Å². The van der Waals surface area contributed by atoms with Gasteiger partial charge in [-0.2, -0.15) is 0 Å². The number of nitrogens with zero attached hydrogens (tertiary/aromatic N) is 1. The molecule has 2 aromatic carbocycles. The monoisotopic (exact) mass is 424 g/mol. The number of halogens is 1. The minimum Gasteiger partial charge on any atom is -0.370 e. The zero-order chi connectivity index (χ0) is 21.8. The number of piperidine rings is 1. The summed E-state index contributed by atoms with van der Waals surface area (Å²) in [4.78, 5) is 27.1. The molecule has 31 heavy (non-hydrogen) atoms. The van der Waals surface area contributed by atoms with Crippen LogP contribution in [0.3, 0.4) is 0 Å². The molecule has 2 aliphatic heterocycles. The second-order valence-electron chi connectivity index (χ2n) is 8.61. The molecule has 164 valence electrons. The fraction of sp³-hybridized carbons (Fsp3) is 0.440. The maximum absolute atomic E-state index is 13.8. The number of carbonyl (C=O) groups is 2. The number of carbonyl (C=O) groups excluding carboxylic acids is 2. The van der Waals surface area contributed by atoms with E-state index in [1.807, 2.05) is 42.2 Å². The van der Waals surface area contributed by atoms with E-state index in [4.69, 9.17) is 4.74 Å². The van der Waals surface area contributed by atoms with E-state index in [1.165, 1.54) is 12.1 Å². The van der Waals surface area contributed by atoms with Crippen molar-refractivity contribution < 1.29 is 18.7 Å². The molecule has 0 aromatic heterocycles. The highest BCUT2D eigenvalue weighted by Gasteiger charge is 2.43. The molecule has 5 nitrogen and oxygen atoms in total. The lowest BCUT2D eigenvalue weighted by Crippen LogP contribution is -2.48. The summed E-state index contributed by atoms with van der Waals surface area (Å²) in [5.74, 6) is -0.933. The number of ether oxygens (including phenoxy) is 1. The fourth-order valence-corrected chi connectivity index (χ4v) is 4.65. The Bertz CT molecular complexity index is 925. The van der Waals surface area contributed by atoms with Gasteiger partial charge in [0.25, 0.3) is 5.91 Å². The van der Waals surface area contributed by atoms with Crippen molar-refractivity contribution in [3.05, 3.63) is 71.5 Å². The Morgan fingerprint density at radius 3 is 2.48 bits per heavy atom. The molecule has 6 heteroatoms. The molecule has 2 saturated heterocycles. The zero-order valence-corrected chi connectivity index (χ0v) is 17.9. The summed E-state index contributed by atoms with van der Waals surface area (Å²) in [6, 6.07) is 15.8.